The molecule has 0 saturated heterocycles. The molecule has 0 aliphatic heterocycles. The second-order valence-corrected chi connectivity index (χ2v) is 5.67. The highest BCUT2D eigenvalue weighted by atomic mass is 16.5. The maximum atomic E-state index is 11.1. The summed E-state index contributed by atoms with van der Waals surface area (Å²) >= 11 is 0. The molecule has 1 saturated carbocycles. The number of ether oxygens (including phenoxy) is 1. The van der Waals surface area contributed by atoms with E-state index in [1.807, 2.05) is 12.3 Å². The molecule has 0 aromatic carbocycles. The van der Waals surface area contributed by atoms with Gasteiger partial charge in [-0.25, -0.2) is 9.83 Å². The van der Waals surface area contributed by atoms with E-state index in [0.717, 1.165) is 35.2 Å². The van der Waals surface area contributed by atoms with Gasteiger partial charge < -0.3 is 15.5 Å². The van der Waals surface area contributed by atoms with Gasteiger partial charge in [0.25, 0.3) is 0 Å². The number of nitrogens with two attached hydrogens (primary N) is 1. The number of aromatic amines is 1. The quantitative estimate of drug-likeness (QED) is 0.657. The monoisotopic (exact) mass is 310 g/mol. The number of hydrogen-bond acceptors (Lipinski definition) is 3. The molecule has 2 heterocycles. The summed E-state index contributed by atoms with van der Waals surface area (Å²) in [4.78, 5) is 21.7. The molecule has 2 aromatic heterocycles. The summed E-state index contributed by atoms with van der Waals surface area (Å²) in [6.07, 6.45) is 10.4. The van der Waals surface area contributed by atoms with E-state index < -0.39 is 5.91 Å². The molecule has 0 unspecified atom stereocenters. The van der Waals surface area contributed by atoms with Crippen molar-refractivity contribution < 1.29 is 9.53 Å². The number of nitrogens with zero attached hydrogens (tertiary/aromatic N) is 2. The Hall–Kier alpha value is -2.81. The molecule has 0 spiro atoms. The summed E-state index contributed by atoms with van der Waals surface area (Å²) in [5.41, 5.74) is 6.81. The predicted molar refractivity (Wildman–Crippen MR) is 86.6 cm³/mol. The van der Waals surface area contributed by atoms with Crippen LogP contribution in [-0.4, -0.2) is 22.0 Å². The Kier molecular flexibility index (Phi) is 4.29. The average Bonchev–Trinajstić information content (AvgIpc) is 3.17. The SMILES string of the molecule is [C-]#[N+]/C(=C\Cc1c[nH]c2ncc(OC3CCCC3)cc12)C(N)=O. The van der Waals surface area contributed by atoms with Gasteiger partial charge in [0.15, 0.2) is 0 Å². The largest absolute Gasteiger partial charge is 0.489 e. The van der Waals surface area contributed by atoms with Crippen molar-refractivity contribution in [3.05, 3.63) is 47.2 Å². The van der Waals surface area contributed by atoms with E-state index in [0.29, 0.717) is 6.42 Å². The number of rotatable bonds is 5. The fourth-order valence-electron chi connectivity index (χ4n) is 2.88. The number of amides is 1. The Morgan fingerprint density at radius 3 is 3.00 bits per heavy atom. The van der Waals surface area contributed by atoms with Crippen molar-refractivity contribution in [3.63, 3.8) is 0 Å². The van der Waals surface area contributed by atoms with Crippen molar-refractivity contribution in [2.24, 2.45) is 5.73 Å². The third kappa shape index (κ3) is 3.34. The molecular formula is C17H18N4O2. The third-order valence-electron chi connectivity index (χ3n) is 4.08. The van der Waals surface area contributed by atoms with Gasteiger partial charge in [-0.3, -0.25) is 4.79 Å². The van der Waals surface area contributed by atoms with Crippen LogP contribution >= 0.6 is 0 Å². The van der Waals surface area contributed by atoms with Crippen LogP contribution < -0.4 is 10.5 Å². The van der Waals surface area contributed by atoms with Gasteiger partial charge in [0.05, 0.1) is 18.9 Å². The fraction of sp³-hybridized carbons (Fsp3) is 0.353. The van der Waals surface area contributed by atoms with Gasteiger partial charge in [0.2, 0.25) is 11.6 Å². The smallest absolute Gasteiger partial charge is 0.247 e. The molecule has 1 fully saturated rings. The highest BCUT2D eigenvalue weighted by molar-refractivity contribution is 5.93. The van der Waals surface area contributed by atoms with E-state index >= 15 is 0 Å². The molecule has 3 rings (SSSR count). The number of pyridine rings is 1. The summed E-state index contributed by atoms with van der Waals surface area (Å²) in [6, 6.07) is 1.96. The zero-order valence-corrected chi connectivity index (χ0v) is 12.7. The topological polar surface area (TPSA) is 85.4 Å². The molecule has 0 bridgehead atoms. The van der Waals surface area contributed by atoms with E-state index in [1.54, 1.807) is 12.3 Å². The first kappa shape index (κ1) is 15.1. The van der Waals surface area contributed by atoms with Gasteiger partial charge >= 0.3 is 0 Å². The number of fused-ring (bicyclic) bond motifs is 1. The van der Waals surface area contributed by atoms with Crippen LogP contribution in [0.5, 0.6) is 5.75 Å². The lowest BCUT2D eigenvalue weighted by Gasteiger charge is -2.12. The molecule has 3 N–H and O–H groups in total. The lowest BCUT2D eigenvalue weighted by atomic mass is 10.1. The fourth-order valence-corrected chi connectivity index (χ4v) is 2.88. The number of carbonyl (C=O) groups is 1. The zero-order chi connectivity index (χ0) is 16.2. The summed E-state index contributed by atoms with van der Waals surface area (Å²) in [5.74, 6) is 0.0535. The van der Waals surface area contributed by atoms with Gasteiger partial charge in [0, 0.05) is 11.6 Å². The number of aromatic nitrogens is 2. The Morgan fingerprint density at radius 1 is 1.52 bits per heavy atom. The van der Waals surface area contributed by atoms with Crippen LogP contribution in [0.4, 0.5) is 0 Å². The normalized spacial score (nSPS) is 15.7. The van der Waals surface area contributed by atoms with E-state index in [-0.39, 0.29) is 11.8 Å². The highest BCUT2D eigenvalue weighted by Gasteiger charge is 2.17. The number of allylic oxidation sites excluding steroid dienone is 1. The predicted octanol–water partition coefficient (Wildman–Crippen LogP) is 2.72. The number of carbonyl (C=O) groups excluding carboxylic acids is 1. The third-order valence-corrected chi connectivity index (χ3v) is 4.08. The van der Waals surface area contributed by atoms with Crippen LogP contribution in [0.15, 0.2) is 30.2 Å². The van der Waals surface area contributed by atoms with Crippen molar-refractivity contribution in [1.82, 2.24) is 9.97 Å². The summed E-state index contributed by atoms with van der Waals surface area (Å²) in [6.45, 7) is 6.96. The molecule has 0 atom stereocenters. The van der Waals surface area contributed by atoms with Crippen LogP contribution in [0.1, 0.15) is 31.2 Å². The molecule has 1 amide bonds. The average molecular weight is 310 g/mol. The zero-order valence-electron chi connectivity index (χ0n) is 12.7. The van der Waals surface area contributed by atoms with Crippen molar-refractivity contribution in [2.75, 3.05) is 0 Å². The van der Waals surface area contributed by atoms with Crippen LogP contribution in [0.3, 0.4) is 0 Å². The van der Waals surface area contributed by atoms with Gasteiger partial charge in [-0.2, -0.15) is 0 Å². The maximum absolute atomic E-state index is 11.1. The van der Waals surface area contributed by atoms with Crippen molar-refractivity contribution in [2.45, 2.75) is 38.2 Å². The molecule has 23 heavy (non-hydrogen) atoms. The van der Waals surface area contributed by atoms with E-state index in [9.17, 15) is 4.79 Å². The van der Waals surface area contributed by atoms with Crippen molar-refractivity contribution >= 4 is 16.9 Å². The Bertz CT molecular complexity index is 795. The standard InChI is InChI=1S/C17H18N4O2/c1-19-15(16(18)22)7-6-11-9-20-17-14(11)8-13(10-21-17)23-12-4-2-3-5-12/h7-10,12H,2-6H2,(H2,18,22)(H,20,21)/b15-7-. The molecule has 118 valence electrons. The van der Waals surface area contributed by atoms with Crippen molar-refractivity contribution in [1.29, 1.82) is 0 Å². The summed E-state index contributed by atoms with van der Waals surface area (Å²) in [5, 5.41) is 0.936. The molecule has 6 heteroatoms. The van der Waals surface area contributed by atoms with E-state index in [4.69, 9.17) is 17.0 Å². The first-order valence-electron chi connectivity index (χ1n) is 7.67. The summed E-state index contributed by atoms with van der Waals surface area (Å²) in [7, 11) is 0. The first-order valence-corrected chi connectivity index (χ1v) is 7.67. The highest BCUT2D eigenvalue weighted by Crippen LogP contribution is 2.27. The lowest BCUT2D eigenvalue weighted by molar-refractivity contribution is -0.114. The van der Waals surface area contributed by atoms with E-state index in [1.165, 1.54) is 12.8 Å². The molecule has 1 aliphatic rings. The summed E-state index contributed by atoms with van der Waals surface area (Å²) < 4.78 is 5.98. The first-order chi connectivity index (χ1) is 11.2. The molecular weight excluding hydrogens is 292 g/mol. The molecule has 6 nitrogen and oxygen atoms in total. The molecule has 2 aromatic rings. The Balaban J connectivity index is 1.83. The minimum Gasteiger partial charge on any atom is -0.489 e. The minimum atomic E-state index is -0.705. The maximum Gasteiger partial charge on any atom is 0.247 e. The number of primary amides is 1. The van der Waals surface area contributed by atoms with Gasteiger partial charge in [0.1, 0.15) is 11.4 Å². The Morgan fingerprint density at radius 2 is 2.30 bits per heavy atom. The van der Waals surface area contributed by atoms with Crippen LogP contribution in [0, 0.1) is 6.57 Å². The van der Waals surface area contributed by atoms with Gasteiger partial charge in [-0.1, -0.05) is 6.08 Å². The van der Waals surface area contributed by atoms with E-state index in [2.05, 4.69) is 14.8 Å². The van der Waals surface area contributed by atoms with Gasteiger partial charge in [-0.05, 0) is 43.7 Å². The van der Waals surface area contributed by atoms with Crippen LogP contribution in [0.2, 0.25) is 0 Å². The van der Waals surface area contributed by atoms with Crippen LogP contribution in [0.25, 0.3) is 15.9 Å². The second-order valence-electron chi connectivity index (χ2n) is 5.67. The minimum absolute atomic E-state index is 0.0503. The van der Waals surface area contributed by atoms with Gasteiger partial charge in [-0.15, -0.1) is 0 Å². The Labute approximate surface area is 134 Å². The number of H-pyrrole nitrogens is 1. The lowest BCUT2D eigenvalue weighted by Crippen LogP contribution is -2.11. The number of hydrogen-bond donors (Lipinski definition) is 2. The number of nitrogens with one attached hydrogen (secondary N) is 1. The van der Waals surface area contributed by atoms with Crippen molar-refractivity contribution in [3.8, 4) is 5.75 Å². The van der Waals surface area contributed by atoms with Crippen LogP contribution in [-0.2, 0) is 11.2 Å². The molecule has 1 aliphatic carbocycles. The second kappa shape index (κ2) is 6.53. The molecule has 0 radical (unpaired) electrons.